The summed E-state index contributed by atoms with van der Waals surface area (Å²) in [7, 11) is -1.77. The fraction of sp³-hybridized carbons (Fsp3) is 0.538. The number of hydrogen-bond donors (Lipinski definition) is 1. The Labute approximate surface area is 108 Å². The van der Waals surface area contributed by atoms with Crippen molar-refractivity contribution in [2.75, 3.05) is 19.5 Å². The molecule has 0 spiro atoms. The lowest BCUT2D eigenvalue weighted by Gasteiger charge is -2.18. The van der Waals surface area contributed by atoms with Crippen LogP contribution in [0.4, 0.5) is 0 Å². The van der Waals surface area contributed by atoms with Crippen molar-refractivity contribution in [1.82, 2.24) is 4.72 Å². The molecule has 1 aromatic rings. The van der Waals surface area contributed by atoms with Crippen molar-refractivity contribution in [3.8, 4) is 0 Å². The quantitative estimate of drug-likeness (QED) is 0.819. The van der Waals surface area contributed by atoms with E-state index in [9.17, 15) is 8.42 Å². The molecule has 0 bridgehead atoms. The molecule has 0 radical (unpaired) electrons. The second-order valence-corrected chi connectivity index (χ2v) is 6.53. The predicted molar refractivity (Wildman–Crippen MR) is 70.7 cm³/mol. The Balaban J connectivity index is 2.08. The largest absolute Gasteiger partial charge is 0.384 e. The molecule has 1 unspecified atom stereocenters. The molecule has 1 fully saturated rings. The van der Waals surface area contributed by atoms with Crippen LogP contribution in [-0.4, -0.2) is 27.9 Å². The SMILES string of the molecule is COCCS(=O)(=O)NC(c1ccccc1)C1CC1. The van der Waals surface area contributed by atoms with Crippen LogP contribution in [0.25, 0.3) is 0 Å². The summed E-state index contributed by atoms with van der Waals surface area (Å²) < 4.78 is 31.4. The van der Waals surface area contributed by atoms with Gasteiger partial charge in [0.05, 0.1) is 12.4 Å². The first kappa shape index (κ1) is 13.5. The Morgan fingerprint density at radius 2 is 2.00 bits per heavy atom. The lowest BCUT2D eigenvalue weighted by Crippen LogP contribution is -2.33. The van der Waals surface area contributed by atoms with Crippen LogP contribution in [0.5, 0.6) is 0 Å². The number of ether oxygens (including phenoxy) is 1. The van der Waals surface area contributed by atoms with Gasteiger partial charge in [0.1, 0.15) is 0 Å². The number of hydrogen-bond acceptors (Lipinski definition) is 3. The molecule has 2 rings (SSSR count). The normalized spacial score (nSPS) is 17.6. The standard InChI is InChI=1S/C13H19NO3S/c1-17-9-10-18(15,16)14-13(12-7-8-12)11-5-3-2-4-6-11/h2-6,12-14H,7-10H2,1H3. The maximum atomic E-state index is 11.9. The molecule has 0 saturated heterocycles. The van der Waals surface area contributed by atoms with Crippen molar-refractivity contribution >= 4 is 10.0 Å². The summed E-state index contributed by atoms with van der Waals surface area (Å²) in [5.41, 5.74) is 1.04. The molecule has 1 aliphatic carbocycles. The minimum absolute atomic E-state index is 0.0134. The molecule has 18 heavy (non-hydrogen) atoms. The van der Waals surface area contributed by atoms with Gasteiger partial charge in [0.25, 0.3) is 0 Å². The third kappa shape index (κ3) is 3.80. The first-order chi connectivity index (χ1) is 8.62. The number of nitrogens with one attached hydrogen (secondary N) is 1. The lowest BCUT2D eigenvalue weighted by atomic mass is 10.0. The minimum atomic E-state index is -3.27. The van der Waals surface area contributed by atoms with Gasteiger partial charge in [0.2, 0.25) is 10.0 Å². The average Bonchev–Trinajstić information content (AvgIpc) is 3.19. The highest BCUT2D eigenvalue weighted by molar-refractivity contribution is 7.89. The van der Waals surface area contributed by atoms with Crippen LogP contribution in [0.3, 0.4) is 0 Å². The van der Waals surface area contributed by atoms with E-state index in [-0.39, 0.29) is 18.4 Å². The lowest BCUT2D eigenvalue weighted by molar-refractivity contribution is 0.216. The van der Waals surface area contributed by atoms with Gasteiger partial charge >= 0.3 is 0 Å². The van der Waals surface area contributed by atoms with Crippen molar-refractivity contribution in [3.05, 3.63) is 35.9 Å². The zero-order valence-corrected chi connectivity index (χ0v) is 11.3. The summed E-state index contributed by atoms with van der Waals surface area (Å²) in [5.74, 6) is 0.448. The zero-order valence-electron chi connectivity index (χ0n) is 10.5. The van der Waals surface area contributed by atoms with Crippen molar-refractivity contribution in [3.63, 3.8) is 0 Å². The van der Waals surface area contributed by atoms with Crippen LogP contribution in [0.1, 0.15) is 24.4 Å². The van der Waals surface area contributed by atoms with Crippen LogP contribution in [-0.2, 0) is 14.8 Å². The Hall–Kier alpha value is -0.910. The summed E-state index contributed by atoms with van der Waals surface area (Å²) in [6.45, 7) is 0.224. The minimum Gasteiger partial charge on any atom is -0.384 e. The van der Waals surface area contributed by atoms with E-state index in [0.717, 1.165) is 18.4 Å². The molecule has 1 N–H and O–H groups in total. The Bertz CT molecular complexity index is 468. The van der Waals surface area contributed by atoms with Gasteiger partial charge in [-0.2, -0.15) is 0 Å². The van der Waals surface area contributed by atoms with Crippen LogP contribution in [0, 0.1) is 5.92 Å². The topological polar surface area (TPSA) is 55.4 Å². The Morgan fingerprint density at radius 3 is 2.56 bits per heavy atom. The molecule has 4 nitrogen and oxygen atoms in total. The molecular weight excluding hydrogens is 250 g/mol. The fourth-order valence-electron chi connectivity index (χ4n) is 1.97. The van der Waals surface area contributed by atoms with E-state index in [1.165, 1.54) is 7.11 Å². The molecule has 5 heteroatoms. The first-order valence-electron chi connectivity index (χ1n) is 6.16. The molecule has 1 aliphatic rings. The van der Waals surface area contributed by atoms with E-state index in [0.29, 0.717) is 5.92 Å². The van der Waals surface area contributed by atoms with Gasteiger partial charge in [-0.05, 0) is 24.3 Å². The van der Waals surface area contributed by atoms with E-state index in [4.69, 9.17) is 4.74 Å². The number of rotatable bonds is 7. The van der Waals surface area contributed by atoms with Gasteiger partial charge in [0, 0.05) is 13.2 Å². The summed E-state index contributed by atoms with van der Waals surface area (Å²) in [5, 5.41) is 0. The molecule has 1 atom stereocenters. The first-order valence-corrected chi connectivity index (χ1v) is 7.81. The maximum absolute atomic E-state index is 11.9. The van der Waals surface area contributed by atoms with Gasteiger partial charge < -0.3 is 4.74 Å². The third-order valence-corrected chi connectivity index (χ3v) is 4.43. The van der Waals surface area contributed by atoms with Crippen molar-refractivity contribution in [2.45, 2.75) is 18.9 Å². The number of sulfonamides is 1. The summed E-state index contributed by atoms with van der Waals surface area (Å²) in [6.07, 6.45) is 2.18. The summed E-state index contributed by atoms with van der Waals surface area (Å²) >= 11 is 0. The second-order valence-electron chi connectivity index (χ2n) is 4.66. The van der Waals surface area contributed by atoms with E-state index in [1.807, 2.05) is 30.3 Å². The smallest absolute Gasteiger partial charge is 0.214 e. The molecule has 0 heterocycles. The van der Waals surface area contributed by atoms with Crippen LogP contribution in [0.2, 0.25) is 0 Å². The molecular formula is C13H19NO3S. The number of methoxy groups -OCH3 is 1. The highest BCUT2D eigenvalue weighted by Crippen LogP contribution is 2.41. The van der Waals surface area contributed by atoms with Crippen molar-refractivity contribution in [2.24, 2.45) is 5.92 Å². The second kappa shape index (κ2) is 5.82. The summed E-state index contributed by atoms with van der Waals surface area (Å²) in [4.78, 5) is 0. The zero-order chi connectivity index (χ0) is 13.0. The Morgan fingerprint density at radius 1 is 1.33 bits per heavy atom. The van der Waals surface area contributed by atoms with Gasteiger partial charge in [0.15, 0.2) is 0 Å². The average molecular weight is 269 g/mol. The highest BCUT2D eigenvalue weighted by atomic mass is 32.2. The van der Waals surface area contributed by atoms with Gasteiger partial charge in [-0.3, -0.25) is 0 Å². The maximum Gasteiger partial charge on any atom is 0.214 e. The van der Waals surface area contributed by atoms with E-state index >= 15 is 0 Å². The van der Waals surface area contributed by atoms with Gasteiger partial charge in [-0.15, -0.1) is 0 Å². The Kier molecular flexibility index (Phi) is 4.37. The third-order valence-electron chi connectivity index (χ3n) is 3.11. The van der Waals surface area contributed by atoms with Crippen LogP contribution < -0.4 is 4.72 Å². The molecule has 100 valence electrons. The predicted octanol–water partition coefficient (Wildman–Crippen LogP) is 1.70. The van der Waals surface area contributed by atoms with Crippen LogP contribution in [0.15, 0.2) is 30.3 Å². The van der Waals surface area contributed by atoms with Crippen molar-refractivity contribution in [1.29, 1.82) is 0 Å². The van der Waals surface area contributed by atoms with Gasteiger partial charge in [-0.1, -0.05) is 30.3 Å². The van der Waals surface area contributed by atoms with E-state index in [2.05, 4.69) is 4.72 Å². The van der Waals surface area contributed by atoms with E-state index < -0.39 is 10.0 Å². The molecule has 1 saturated carbocycles. The van der Waals surface area contributed by atoms with Crippen molar-refractivity contribution < 1.29 is 13.2 Å². The molecule has 0 aliphatic heterocycles. The molecule has 1 aromatic carbocycles. The monoisotopic (exact) mass is 269 g/mol. The van der Waals surface area contributed by atoms with Crippen LogP contribution >= 0.6 is 0 Å². The van der Waals surface area contributed by atoms with Gasteiger partial charge in [-0.25, -0.2) is 13.1 Å². The fourth-order valence-corrected chi connectivity index (χ4v) is 3.19. The highest BCUT2D eigenvalue weighted by Gasteiger charge is 2.34. The molecule has 0 amide bonds. The number of benzene rings is 1. The van der Waals surface area contributed by atoms with E-state index in [1.54, 1.807) is 0 Å². The summed E-state index contributed by atoms with van der Waals surface area (Å²) in [6, 6.07) is 9.67. The molecule has 0 aromatic heterocycles.